The van der Waals surface area contributed by atoms with E-state index in [9.17, 15) is 18.0 Å². The third-order valence-corrected chi connectivity index (χ3v) is 8.91. The average molecular weight is 584 g/mol. The van der Waals surface area contributed by atoms with Crippen molar-refractivity contribution in [3.63, 3.8) is 0 Å². The van der Waals surface area contributed by atoms with Gasteiger partial charge in [-0.05, 0) is 75.1 Å². The largest absolute Gasteiger partial charge is 0.352 e. The van der Waals surface area contributed by atoms with Crippen molar-refractivity contribution in [2.45, 2.75) is 63.9 Å². The van der Waals surface area contributed by atoms with Crippen LogP contribution in [0.25, 0.3) is 0 Å². The Labute approximate surface area is 243 Å². The van der Waals surface area contributed by atoms with Gasteiger partial charge < -0.3 is 10.2 Å². The number of sulfonamides is 1. The van der Waals surface area contributed by atoms with Gasteiger partial charge in [-0.2, -0.15) is 0 Å². The molecule has 2 atom stereocenters. The lowest BCUT2D eigenvalue weighted by Crippen LogP contribution is -2.54. The van der Waals surface area contributed by atoms with Gasteiger partial charge in [0.15, 0.2) is 0 Å². The Morgan fingerprint density at radius 3 is 2.10 bits per heavy atom. The molecule has 0 aliphatic heterocycles. The fourth-order valence-corrected chi connectivity index (χ4v) is 5.85. The molecule has 214 valence electrons. The lowest BCUT2D eigenvalue weighted by molar-refractivity contribution is -0.139. The molecule has 3 aromatic carbocycles. The summed E-state index contributed by atoms with van der Waals surface area (Å²) in [5.74, 6) is -0.717. The van der Waals surface area contributed by atoms with Crippen LogP contribution in [0.1, 0.15) is 44.7 Å². The summed E-state index contributed by atoms with van der Waals surface area (Å²) in [5, 5.41) is 3.43. The lowest BCUT2D eigenvalue weighted by Gasteiger charge is -2.33. The predicted octanol–water partition coefficient (Wildman–Crippen LogP) is 5.61. The summed E-state index contributed by atoms with van der Waals surface area (Å²) < 4.78 is 28.8. The van der Waals surface area contributed by atoms with Crippen LogP contribution in [-0.2, 0) is 26.0 Å². The van der Waals surface area contributed by atoms with Crippen LogP contribution < -0.4 is 9.62 Å². The maximum atomic E-state index is 14.0. The van der Waals surface area contributed by atoms with Crippen LogP contribution in [0.4, 0.5) is 5.69 Å². The van der Waals surface area contributed by atoms with Gasteiger partial charge in [0, 0.05) is 17.6 Å². The third kappa shape index (κ3) is 8.08. The maximum Gasteiger partial charge on any atom is 0.264 e. The highest BCUT2D eigenvalue weighted by molar-refractivity contribution is 7.92. The number of carbonyl (C=O) groups excluding carboxylic acids is 2. The van der Waals surface area contributed by atoms with E-state index < -0.39 is 28.5 Å². The van der Waals surface area contributed by atoms with Crippen LogP contribution in [0.2, 0.25) is 5.02 Å². The van der Waals surface area contributed by atoms with Crippen molar-refractivity contribution in [1.82, 2.24) is 10.2 Å². The molecule has 1 N–H and O–H groups in total. The molecular formula is C31H38ClN3O4S. The first kappa shape index (κ1) is 31.2. The summed E-state index contributed by atoms with van der Waals surface area (Å²) >= 11 is 6.08. The van der Waals surface area contributed by atoms with Crippen molar-refractivity contribution in [1.29, 1.82) is 0 Å². The number of nitrogens with one attached hydrogen (secondary N) is 1. The molecule has 0 aliphatic rings. The number of benzene rings is 3. The Hall–Kier alpha value is -3.36. The van der Waals surface area contributed by atoms with E-state index >= 15 is 0 Å². The smallest absolute Gasteiger partial charge is 0.264 e. The van der Waals surface area contributed by atoms with Crippen molar-refractivity contribution >= 4 is 39.1 Å². The topological polar surface area (TPSA) is 86.8 Å². The summed E-state index contributed by atoms with van der Waals surface area (Å²) in [6.45, 7) is 7.40. The van der Waals surface area contributed by atoms with Gasteiger partial charge in [0.05, 0.1) is 10.6 Å². The molecule has 9 heteroatoms. The minimum absolute atomic E-state index is 0.0555. The van der Waals surface area contributed by atoms with E-state index in [0.717, 1.165) is 21.9 Å². The molecule has 0 bridgehead atoms. The van der Waals surface area contributed by atoms with Gasteiger partial charge in [-0.3, -0.25) is 13.9 Å². The number of hydrogen-bond acceptors (Lipinski definition) is 4. The van der Waals surface area contributed by atoms with E-state index in [1.165, 1.54) is 17.0 Å². The van der Waals surface area contributed by atoms with Crippen LogP contribution in [-0.4, -0.2) is 50.3 Å². The Balaban J connectivity index is 2.00. The highest BCUT2D eigenvalue weighted by atomic mass is 35.5. The summed E-state index contributed by atoms with van der Waals surface area (Å²) in [6, 6.07) is 21.7. The summed E-state index contributed by atoms with van der Waals surface area (Å²) in [5.41, 5.74) is 2.23. The predicted molar refractivity (Wildman–Crippen MR) is 161 cm³/mol. The zero-order chi connectivity index (χ0) is 29.3. The number of hydrogen-bond donors (Lipinski definition) is 1. The van der Waals surface area contributed by atoms with E-state index in [1.54, 1.807) is 36.4 Å². The summed E-state index contributed by atoms with van der Waals surface area (Å²) in [6.07, 6.45) is 1.65. The highest BCUT2D eigenvalue weighted by Gasteiger charge is 2.33. The van der Waals surface area contributed by atoms with Gasteiger partial charge >= 0.3 is 0 Å². The molecule has 0 radical (unpaired) electrons. The molecule has 3 rings (SSSR count). The van der Waals surface area contributed by atoms with Gasteiger partial charge in [0.1, 0.15) is 12.6 Å². The average Bonchev–Trinajstić information content (AvgIpc) is 2.95. The fourth-order valence-electron chi connectivity index (χ4n) is 4.31. The number of halogens is 1. The molecule has 0 saturated carbocycles. The van der Waals surface area contributed by atoms with E-state index in [1.807, 2.05) is 58.0 Å². The first-order chi connectivity index (χ1) is 19.1. The molecule has 0 unspecified atom stereocenters. The molecular weight excluding hydrogens is 546 g/mol. The molecule has 3 aromatic rings. The maximum absolute atomic E-state index is 14.0. The number of carbonyl (C=O) groups is 2. The van der Waals surface area contributed by atoms with E-state index in [2.05, 4.69) is 5.32 Å². The van der Waals surface area contributed by atoms with E-state index in [4.69, 9.17) is 11.6 Å². The van der Waals surface area contributed by atoms with Crippen LogP contribution in [0.15, 0.2) is 83.8 Å². The lowest BCUT2D eigenvalue weighted by atomic mass is 10.1. The second kappa shape index (κ2) is 14.3. The Morgan fingerprint density at radius 1 is 0.900 bits per heavy atom. The van der Waals surface area contributed by atoms with Gasteiger partial charge in [0.25, 0.3) is 10.0 Å². The molecule has 0 fully saturated rings. The molecule has 0 aliphatic carbocycles. The zero-order valence-corrected chi connectivity index (χ0v) is 25.1. The van der Waals surface area contributed by atoms with Crippen LogP contribution in [0.5, 0.6) is 0 Å². The summed E-state index contributed by atoms with van der Waals surface area (Å²) in [4.78, 5) is 28.9. The minimum Gasteiger partial charge on any atom is -0.352 e. The second-order valence-electron chi connectivity index (χ2n) is 9.87. The first-order valence-electron chi connectivity index (χ1n) is 13.6. The van der Waals surface area contributed by atoms with Gasteiger partial charge in [0.2, 0.25) is 11.8 Å². The number of rotatable bonds is 13. The normalized spacial score (nSPS) is 12.8. The molecule has 0 spiro atoms. The standard InChI is InChI=1S/C31H38ClN3O4S/c1-5-24(4)33-31(37)29(6-2)34(21-20-25-10-8-7-9-11-25)30(36)22-35(27-16-14-26(32)15-17-27)40(38,39)28-18-12-23(3)13-19-28/h7-19,24,29H,5-6,20-22H2,1-4H3,(H,33,37)/t24-,29-/m1/s1. The zero-order valence-electron chi connectivity index (χ0n) is 23.5. The van der Waals surface area contributed by atoms with Crippen molar-refractivity contribution < 1.29 is 18.0 Å². The Bertz CT molecular complexity index is 1360. The third-order valence-electron chi connectivity index (χ3n) is 6.87. The Kier molecular flexibility index (Phi) is 11.2. The molecule has 0 aromatic heterocycles. The van der Waals surface area contributed by atoms with Gasteiger partial charge in [-0.15, -0.1) is 0 Å². The molecule has 7 nitrogen and oxygen atoms in total. The van der Waals surface area contributed by atoms with E-state index in [-0.39, 0.29) is 23.4 Å². The van der Waals surface area contributed by atoms with Crippen molar-refractivity contribution in [3.8, 4) is 0 Å². The fraction of sp³-hybridized carbons (Fsp3) is 0.355. The van der Waals surface area contributed by atoms with Crippen LogP contribution >= 0.6 is 11.6 Å². The van der Waals surface area contributed by atoms with Gasteiger partial charge in [-0.25, -0.2) is 8.42 Å². The van der Waals surface area contributed by atoms with E-state index in [0.29, 0.717) is 23.6 Å². The van der Waals surface area contributed by atoms with Crippen LogP contribution in [0.3, 0.4) is 0 Å². The number of nitrogens with zero attached hydrogens (tertiary/aromatic N) is 2. The molecule has 0 saturated heterocycles. The van der Waals surface area contributed by atoms with Gasteiger partial charge in [-0.1, -0.05) is 73.5 Å². The highest BCUT2D eigenvalue weighted by Crippen LogP contribution is 2.26. The number of aryl methyl sites for hydroxylation is 1. The summed E-state index contributed by atoms with van der Waals surface area (Å²) in [7, 11) is -4.11. The number of anilines is 1. The monoisotopic (exact) mass is 583 g/mol. The molecule has 40 heavy (non-hydrogen) atoms. The molecule has 2 amide bonds. The first-order valence-corrected chi connectivity index (χ1v) is 15.4. The van der Waals surface area contributed by atoms with Crippen molar-refractivity contribution in [2.75, 3.05) is 17.4 Å². The van der Waals surface area contributed by atoms with Crippen LogP contribution in [0, 0.1) is 6.92 Å². The Morgan fingerprint density at radius 2 is 1.52 bits per heavy atom. The quantitative estimate of drug-likeness (QED) is 0.283. The second-order valence-corrected chi connectivity index (χ2v) is 12.2. The minimum atomic E-state index is -4.11. The molecule has 0 heterocycles. The van der Waals surface area contributed by atoms with Crippen molar-refractivity contribution in [2.24, 2.45) is 0 Å². The SMILES string of the molecule is CC[C@@H](C)NC(=O)[C@@H](CC)N(CCc1ccccc1)C(=O)CN(c1ccc(Cl)cc1)S(=O)(=O)c1ccc(C)cc1. The van der Waals surface area contributed by atoms with Crippen molar-refractivity contribution in [3.05, 3.63) is 95.0 Å². The number of amides is 2.